The van der Waals surface area contributed by atoms with E-state index < -0.39 is 23.9 Å². The van der Waals surface area contributed by atoms with Gasteiger partial charge in [0.2, 0.25) is 0 Å². The van der Waals surface area contributed by atoms with Gasteiger partial charge in [-0.15, -0.1) is 11.3 Å². The van der Waals surface area contributed by atoms with Gasteiger partial charge in [-0.25, -0.2) is 9.59 Å². The number of carbonyl (C=O) groups is 3. The van der Waals surface area contributed by atoms with Crippen molar-refractivity contribution in [1.82, 2.24) is 0 Å². The Bertz CT molecular complexity index is 1030. The highest BCUT2D eigenvalue weighted by Gasteiger charge is 2.30. The van der Waals surface area contributed by atoms with E-state index in [2.05, 4.69) is 33.0 Å². The Hall–Kier alpha value is -2.67. The Balaban J connectivity index is 1.73. The minimum absolute atomic E-state index is 0.0239. The number of nitrogens with one attached hydrogen (secondary N) is 1. The molecular formula is C26H33NO5S. The topological polar surface area (TPSA) is 81.7 Å². The molecule has 3 rings (SSSR count). The fraction of sp³-hybridized carbons (Fsp3) is 0.500. The number of hydrogen-bond donors (Lipinski definition) is 1. The summed E-state index contributed by atoms with van der Waals surface area (Å²) in [6, 6.07) is 7.20. The molecule has 0 bridgehead atoms. The van der Waals surface area contributed by atoms with Gasteiger partial charge in [-0.3, -0.25) is 4.79 Å². The fourth-order valence-corrected chi connectivity index (χ4v) is 5.26. The van der Waals surface area contributed by atoms with Crippen LogP contribution in [-0.2, 0) is 32.5 Å². The number of benzene rings is 1. The molecule has 2 aromatic rings. The summed E-state index contributed by atoms with van der Waals surface area (Å²) >= 11 is 1.41. The Labute approximate surface area is 199 Å². The van der Waals surface area contributed by atoms with E-state index in [1.54, 1.807) is 19.1 Å². The molecule has 1 aliphatic rings. The van der Waals surface area contributed by atoms with Gasteiger partial charge in [-0.05, 0) is 67.7 Å². The molecule has 6 nitrogen and oxygen atoms in total. The molecule has 1 N–H and O–H groups in total. The lowest BCUT2D eigenvalue weighted by Gasteiger charge is -2.19. The number of ether oxygens (including phenoxy) is 2. The van der Waals surface area contributed by atoms with Crippen molar-refractivity contribution in [2.45, 2.75) is 72.3 Å². The predicted molar refractivity (Wildman–Crippen MR) is 130 cm³/mol. The van der Waals surface area contributed by atoms with Crippen LogP contribution >= 0.6 is 11.3 Å². The average molecular weight is 472 g/mol. The summed E-state index contributed by atoms with van der Waals surface area (Å²) in [5.41, 5.74) is 2.87. The number of carbonyl (C=O) groups excluding carboxylic acids is 3. The van der Waals surface area contributed by atoms with Crippen molar-refractivity contribution < 1.29 is 23.9 Å². The number of hydrogen-bond acceptors (Lipinski definition) is 6. The number of esters is 2. The summed E-state index contributed by atoms with van der Waals surface area (Å²) in [6.07, 6.45) is 1.63. The highest BCUT2D eigenvalue weighted by molar-refractivity contribution is 7.17. The summed E-state index contributed by atoms with van der Waals surface area (Å²) < 4.78 is 10.6. The number of thiophene rings is 1. The molecule has 0 radical (unpaired) electrons. The molecule has 0 saturated heterocycles. The smallest absolute Gasteiger partial charge is 0.341 e. The van der Waals surface area contributed by atoms with Crippen LogP contribution < -0.4 is 5.32 Å². The number of amides is 1. The highest BCUT2D eigenvalue weighted by Crippen LogP contribution is 2.40. The molecule has 178 valence electrons. The molecule has 1 aromatic carbocycles. The van der Waals surface area contributed by atoms with Gasteiger partial charge in [0.05, 0.1) is 17.7 Å². The Morgan fingerprint density at radius 3 is 2.42 bits per heavy atom. The largest absolute Gasteiger partial charge is 0.462 e. The Morgan fingerprint density at radius 1 is 1.15 bits per heavy atom. The lowest BCUT2D eigenvalue weighted by atomic mass is 9.87. The minimum Gasteiger partial charge on any atom is -0.462 e. The molecule has 2 atom stereocenters. The van der Waals surface area contributed by atoms with Gasteiger partial charge in [0.15, 0.2) is 6.10 Å². The quantitative estimate of drug-likeness (QED) is 0.560. The van der Waals surface area contributed by atoms with E-state index in [4.69, 9.17) is 9.47 Å². The third-order valence-corrected chi connectivity index (χ3v) is 7.04. The van der Waals surface area contributed by atoms with Crippen molar-refractivity contribution in [3.8, 4) is 0 Å². The van der Waals surface area contributed by atoms with Gasteiger partial charge in [-0.2, -0.15) is 0 Å². The molecule has 0 spiro atoms. The molecule has 1 aliphatic carbocycles. The Morgan fingerprint density at radius 2 is 1.82 bits per heavy atom. The van der Waals surface area contributed by atoms with E-state index in [1.807, 2.05) is 12.1 Å². The molecule has 0 fully saturated rings. The van der Waals surface area contributed by atoms with Crippen molar-refractivity contribution in [1.29, 1.82) is 0 Å². The van der Waals surface area contributed by atoms with E-state index in [9.17, 15) is 14.4 Å². The molecule has 33 heavy (non-hydrogen) atoms. The van der Waals surface area contributed by atoms with E-state index in [0.29, 0.717) is 22.0 Å². The highest BCUT2D eigenvalue weighted by atomic mass is 32.1. The summed E-state index contributed by atoms with van der Waals surface area (Å²) in [5, 5.41) is 3.28. The standard InChI is InChI=1S/C26H33NO5S/c1-7-31-25(30)21-19-13-8-15(2)14-20(19)33-23(21)27-22(28)16(3)32-24(29)17-9-11-18(12-10-17)26(4,5)6/h9-12,15-16H,7-8,13-14H2,1-6H3,(H,27,28). The summed E-state index contributed by atoms with van der Waals surface area (Å²) in [6.45, 7) is 12.0. The van der Waals surface area contributed by atoms with Crippen molar-refractivity contribution in [2.75, 3.05) is 11.9 Å². The minimum atomic E-state index is -1.02. The maximum atomic E-state index is 12.8. The van der Waals surface area contributed by atoms with E-state index in [0.717, 1.165) is 35.3 Å². The second-order valence-electron chi connectivity index (χ2n) is 9.64. The molecular weight excluding hydrogens is 438 g/mol. The van der Waals surface area contributed by atoms with Crippen LogP contribution in [0.2, 0.25) is 0 Å². The molecule has 1 aromatic heterocycles. The maximum Gasteiger partial charge on any atom is 0.341 e. The SMILES string of the molecule is CCOC(=O)c1c(NC(=O)C(C)OC(=O)c2ccc(C(C)(C)C)cc2)sc2c1CCC(C)C2. The van der Waals surface area contributed by atoms with Gasteiger partial charge in [0.1, 0.15) is 5.00 Å². The normalized spacial score (nSPS) is 16.5. The van der Waals surface area contributed by atoms with Crippen LogP contribution in [-0.4, -0.2) is 30.6 Å². The third kappa shape index (κ3) is 5.82. The first-order valence-corrected chi connectivity index (χ1v) is 12.3. The van der Waals surface area contributed by atoms with Crippen molar-refractivity contribution in [3.05, 3.63) is 51.4 Å². The summed E-state index contributed by atoms with van der Waals surface area (Å²) in [5.74, 6) is -0.947. The average Bonchev–Trinajstić information content (AvgIpc) is 3.10. The van der Waals surface area contributed by atoms with E-state index >= 15 is 0 Å². The van der Waals surface area contributed by atoms with Crippen molar-refractivity contribution >= 4 is 34.2 Å². The van der Waals surface area contributed by atoms with Gasteiger partial charge in [0, 0.05) is 4.88 Å². The van der Waals surface area contributed by atoms with Crippen molar-refractivity contribution in [3.63, 3.8) is 0 Å². The molecule has 2 unspecified atom stereocenters. The zero-order chi connectivity index (χ0) is 24.3. The lowest BCUT2D eigenvalue weighted by Crippen LogP contribution is -2.30. The summed E-state index contributed by atoms with van der Waals surface area (Å²) in [4.78, 5) is 39.1. The van der Waals surface area contributed by atoms with Gasteiger partial charge >= 0.3 is 11.9 Å². The number of rotatable bonds is 6. The lowest BCUT2D eigenvalue weighted by molar-refractivity contribution is -0.123. The second-order valence-corrected chi connectivity index (χ2v) is 10.7. The van der Waals surface area contributed by atoms with Gasteiger partial charge in [-0.1, -0.05) is 39.8 Å². The third-order valence-electron chi connectivity index (χ3n) is 5.87. The van der Waals surface area contributed by atoms with E-state index in [-0.39, 0.29) is 12.0 Å². The molecule has 1 amide bonds. The van der Waals surface area contributed by atoms with Crippen LogP contribution in [0.25, 0.3) is 0 Å². The van der Waals surface area contributed by atoms with E-state index in [1.165, 1.54) is 18.3 Å². The number of fused-ring (bicyclic) bond motifs is 1. The first-order valence-electron chi connectivity index (χ1n) is 11.4. The summed E-state index contributed by atoms with van der Waals surface area (Å²) in [7, 11) is 0. The zero-order valence-corrected chi connectivity index (χ0v) is 21.1. The fourth-order valence-electron chi connectivity index (χ4n) is 3.86. The predicted octanol–water partition coefficient (Wildman–Crippen LogP) is 5.53. The molecule has 0 aliphatic heterocycles. The Kier molecular flexibility index (Phi) is 7.62. The number of anilines is 1. The first kappa shape index (κ1) is 25.0. The van der Waals surface area contributed by atoms with Crippen molar-refractivity contribution in [2.24, 2.45) is 5.92 Å². The maximum absolute atomic E-state index is 12.8. The second kappa shape index (κ2) is 10.1. The van der Waals surface area contributed by atoms with Crippen LogP contribution in [0, 0.1) is 5.92 Å². The zero-order valence-electron chi connectivity index (χ0n) is 20.2. The van der Waals surface area contributed by atoms with Crippen LogP contribution in [0.1, 0.15) is 84.7 Å². The van der Waals surface area contributed by atoms with Crippen LogP contribution in [0.15, 0.2) is 24.3 Å². The van der Waals surface area contributed by atoms with Crippen LogP contribution in [0.5, 0.6) is 0 Å². The monoisotopic (exact) mass is 471 g/mol. The van der Waals surface area contributed by atoms with Gasteiger partial charge < -0.3 is 14.8 Å². The molecule has 0 saturated carbocycles. The van der Waals surface area contributed by atoms with Crippen LogP contribution in [0.3, 0.4) is 0 Å². The first-order chi connectivity index (χ1) is 15.5. The molecule has 7 heteroatoms. The van der Waals surface area contributed by atoms with Crippen LogP contribution in [0.4, 0.5) is 5.00 Å². The van der Waals surface area contributed by atoms with Gasteiger partial charge in [0.25, 0.3) is 5.91 Å². The molecule has 1 heterocycles.